The summed E-state index contributed by atoms with van der Waals surface area (Å²) in [6.45, 7) is 5.18. The molecule has 4 aromatic carbocycles. The molecule has 52 heavy (non-hydrogen) atoms. The van der Waals surface area contributed by atoms with Crippen molar-refractivity contribution in [1.82, 2.24) is 30.1 Å². The Morgan fingerprint density at radius 2 is 1.75 bits per heavy atom. The number of tetrazole rings is 1. The number of anilines is 1. The fraction of sp³-hybridized carbons (Fsp3) is 0.171. The van der Waals surface area contributed by atoms with Crippen LogP contribution in [0.4, 0.5) is 5.69 Å². The fourth-order valence-corrected chi connectivity index (χ4v) is 6.41. The van der Waals surface area contributed by atoms with Gasteiger partial charge in [-0.1, -0.05) is 54.6 Å². The second kappa shape index (κ2) is 14.4. The molecule has 1 aliphatic heterocycles. The number of amides is 1. The number of ether oxygens (including phenoxy) is 1. The van der Waals surface area contributed by atoms with E-state index in [2.05, 4.69) is 43.7 Å². The molecule has 1 N–H and O–H groups in total. The molecule has 0 saturated carbocycles. The van der Waals surface area contributed by atoms with Crippen LogP contribution in [-0.4, -0.2) is 49.1 Å². The molecule has 11 heteroatoms. The number of fused-ring (bicyclic) bond motifs is 2. The van der Waals surface area contributed by atoms with E-state index in [1.807, 2.05) is 61.8 Å². The van der Waals surface area contributed by atoms with Gasteiger partial charge < -0.3 is 14.5 Å². The average molecular weight is 690 g/mol. The molecular weight excluding hydrogens is 654 g/mol. The Morgan fingerprint density at radius 1 is 0.923 bits per heavy atom. The topological polar surface area (TPSA) is 128 Å². The highest BCUT2D eigenvalue weighted by molar-refractivity contribution is 6.05. The number of nitrogens with one attached hydrogen (secondary N) is 1. The van der Waals surface area contributed by atoms with Crippen LogP contribution in [0.1, 0.15) is 38.4 Å². The van der Waals surface area contributed by atoms with Gasteiger partial charge in [0.2, 0.25) is 5.82 Å². The van der Waals surface area contributed by atoms with Crippen molar-refractivity contribution in [2.24, 2.45) is 0 Å². The summed E-state index contributed by atoms with van der Waals surface area (Å²) in [6.07, 6.45) is 5.80. The van der Waals surface area contributed by atoms with E-state index in [4.69, 9.17) is 14.3 Å². The number of aromatic nitrogens is 5. The van der Waals surface area contributed by atoms with Gasteiger partial charge in [-0.25, -0.2) is 0 Å². The number of rotatable bonds is 10. The first kappa shape index (κ1) is 32.7. The lowest BCUT2D eigenvalue weighted by atomic mass is 10.0. The number of carbonyl (C=O) groups is 1. The Labute approximate surface area is 299 Å². The van der Waals surface area contributed by atoms with Crippen LogP contribution in [0.5, 0.6) is 5.75 Å². The van der Waals surface area contributed by atoms with Gasteiger partial charge in [-0.3, -0.25) is 19.5 Å². The molecule has 11 nitrogen and oxygen atoms in total. The maximum atomic E-state index is 13.5. The summed E-state index contributed by atoms with van der Waals surface area (Å²) in [5, 5.41) is 16.7. The number of aryl methyl sites for hydroxylation is 1. The van der Waals surface area contributed by atoms with Gasteiger partial charge in [0.1, 0.15) is 17.9 Å². The van der Waals surface area contributed by atoms with Crippen LogP contribution in [0.25, 0.3) is 28.0 Å². The zero-order valence-electron chi connectivity index (χ0n) is 28.5. The lowest BCUT2D eigenvalue weighted by molar-refractivity contribution is 0.0997. The standard InChI is InChI=1S/C41H35N7O4/c1-27-21-35(43-41(50)39-23-36(49)33-9-5-6-10-37(33)52-39)34(22-38(27)51-26-29-7-3-2-4-8-29)40-44-46-48(45-40)32-13-11-28(12-14-32)16-19-47-20-17-30-24-42-18-15-31(30)25-47/h2-15,18,21-24H,16-17,19-20,25-26H2,1H3,(H,43,50). The third kappa shape index (κ3) is 7.07. The monoisotopic (exact) mass is 689 g/mol. The molecular formula is C41H35N7O4. The molecule has 4 heterocycles. The molecule has 258 valence electrons. The summed E-state index contributed by atoms with van der Waals surface area (Å²) < 4.78 is 12.0. The minimum atomic E-state index is -0.588. The Kier molecular flexibility index (Phi) is 9.07. The summed E-state index contributed by atoms with van der Waals surface area (Å²) in [7, 11) is 0. The highest BCUT2D eigenvalue weighted by Crippen LogP contribution is 2.34. The molecule has 0 spiro atoms. The zero-order chi connectivity index (χ0) is 35.4. The number of hydrogen-bond acceptors (Lipinski definition) is 9. The van der Waals surface area contributed by atoms with E-state index < -0.39 is 5.91 Å². The van der Waals surface area contributed by atoms with Gasteiger partial charge >= 0.3 is 0 Å². The van der Waals surface area contributed by atoms with Gasteiger partial charge in [-0.05, 0) is 95.3 Å². The third-order valence-corrected chi connectivity index (χ3v) is 9.29. The van der Waals surface area contributed by atoms with E-state index in [1.165, 1.54) is 27.6 Å². The second-order valence-electron chi connectivity index (χ2n) is 12.9. The molecule has 0 aliphatic carbocycles. The molecule has 0 unspecified atom stereocenters. The van der Waals surface area contributed by atoms with Crippen LogP contribution >= 0.6 is 0 Å². The molecule has 8 rings (SSSR count). The largest absolute Gasteiger partial charge is 0.489 e. The third-order valence-electron chi connectivity index (χ3n) is 9.29. The minimum absolute atomic E-state index is 0.115. The number of para-hydroxylation sites is 1. The van der Waals surface area contributed by atoms with Crippen LogP contribution in [0.15, 0.2) is 125 Å². The maximum Gasteiger partial charge on any atom is 0.291 e. The molecule has 1 amide bonds. The van der Waals surface area contributed by atoms with Crippen molar-refractivity contribution in [3.63, 3.8) is 0 Å². The highest BCUT2D eigenvalue weighted by Gasteiger charge is 2.21. The number of nitrogens with zero attached hydrogens (tertiary/aromatic N) is 6. The molecule has 0 bridgehead atoms. The van der Waals surface area contributed by atoms with Crippen molar-refractivity contribution < 1.29 is 13.9 Å². The van der Waals surface area contributed by atoms with Gasteiger partial charge in [0.05, 0.1) is 22.3 Å². The first-order valence-electron chi connectivity index (χ1n) is 17.2. The summed E-state index contributed by atoms with van der Waals surface area (Å²) in [5.41, 5.74) is 7.39. The average Bonchev–Trinajstić information content (AvgIpc) is 3.67. The maximum absolute atomic E-state index is 13.5. The molecule has 0 saturated heterocycles. The van der Waals surface area contributed by atoms with E-state index in [9.17, 15) is 9.59 Å². The lowest BCUT2D eigenvalue weighted by Gasteiger charge is -2.28. The molecule has 3 aromatic heterocycles. The zero-order valence-corrected chi connectivity index (χ0v) is 28.5. The molecule has 1 aliphatic rings. The van der Waals surface area contributed by atoms with E-state index in [0.29, 0.717) is 34.6 Å². The Balaban J connectivity index is 1.03. The van der Waals surface area contributed by atoms with Crippen LogP contribution in [0.2, 0.25) is 0 Å². The van der Waals surface area contributed by atoms with E-state index in [0.717, 1.165) is 49.3 Å². The Bertz CT molecular complexity index is 2440. The van der Waals surface area contributed by atoms with E-state index >= 15 is 0 Å². The summed E-state index contributed by atoms with van der Waals surface area (Å²) in [6, 6.07) is 31.7. The van der Waals surface area contributed by atoms with Gasteiger partial charge in [0, 0.05) is 38.1 Å². The highest BCUT2D eigenvalue weighted by atomic mass is 16.5. The van der Waals surface area contributed by atoms with Gasteiger partial charge in [-0.2, -0.15) is 0 Å². The Hall–Kier alpha value is -6.46. The van der Waals surface area contributed by atoms with Crippen LogP contribution < -0.4 is 15.5 Å². The van der Waals surface area contributed by atoms with Gasteiger partial charge in [0.25, 0.3) is 5.91 Å². The fourth-order valence-electron chi connectivity index (χ4n) is 6.41. The van der Waals surface area contributed by atoms with E-state index in [1.54, 1.807) is 36.4 Å². The molecule has 0 radical (unpaired) electrons. The number of carbonyl (C=O) groups excluding carboxylic acids is 1. The normalized spacial score (nSPS) is 12.8. The predicted molar refractivity (Wildman–Crippen MR) is 197 cm³/mol. The number of pyridine rings is 1. The minimum Gasteiger partial charge on any atom is -0.489 e. The predicted octanol–water partition coefficient (Wildman–Crippen LogP) is 6.57. The van der Waals surface area contributed by atoms with Crippen LogP contribution in [0.3, 0.4) is 0 Å². The quantitative estimate of drug-likeness (QED) is 0.170. The van der Waals surface area contributed by atoms with Crippen molar-refractivity contribution in [3.8, 4) is 22.8 Å². The van der Waals surface area contributed by atoms with Gasteiger partial charge in [-0.15, -0.1) is 15.0 Å². The lowest BCUT2D eigenvalue weighted by Crippen LogP contribution is -2.32. The SMILES string of the molecule is Cc1cc(NC(=O)c2cc(=O)c3ccccc3o2)c(-c2nnn(-c3ccc(CCN4CCc5cnccc5C4)cc3)n2)cc1OCc1ccccc1. The molecule has 0 atom stereocenters. The van der Waals surface area contributed by atoms with Crippen molar-refractivity contribution >= 4 is 22.6 Å². The first-order valence-corrected chi connectivity index (χ1v) is 17.2. The van der Waals surface area contributed by atoms with Crippen LogP contribution in [0, 0.1) is 6.92 Å². The van der Waals surface area contributed by atoms with E-state index in [-0.39, 0.29) is 17.0 Å². The van der Waals surface area contributed by atoms with Crippen molar-refractivity contribution in [1.29, 1.82) is 0 Å². The summed E-state index contributed by atoms with van der Waals surface area (Å²) >= 11 is 0. The number of hydrogen-bond donors (Lipinski definition) is 1. The molecule has 7 aromatic rings. The Morgan fingerprint density at radius 3 is 2.62 bits per heavy atom. The van der Waals surface area contributed by atoms with Crippen molar-refractivity contribution in [2.75, 3.05) is 18.4 Å². The van der Waals surface area contributed by atoms with Crippen LogP contribution in [-0.2, 0) is 26.0 Å². The van der Waals surface area contributed by atoms with Crippen molar-refractivity contribution in [3.05, 3.63) is 159 Å². The second-order valence-corrected chi connectivity index (χ2v) is 12.9. The smallest absolute Gasteiger partial charge is 0.291 e. The summed E-state index contributed by atoms with van der Waals surface area (Å²) in [5.74, 6) is 0.180. The van der Waals surface area contributed by atoms with Gasteiger partial charge in [0.15, 0.2) is 11.2 Å². The number of benzene rings is 4. The first-order chi connectivity index (χ1) is 25.5. The van der Waals surface area contributed by atoms with Crippen molar-refractivity contribution in [2.45, 2.75) is 32.9 Å². The summed E-state index contributed by atoms with van der Waals surface area (Å²) in [4.78, 5) is 34.5. The molecule has 0 fully saturated rings.